The fourth-order valence-electron chi connectivity index (χ4n) is 7.00. The Bertz CT molecular complexity index is 2520. The van der Waals surface area contributed by atoms with Crippen LogP contribution in [0.1, 0.15) is 105 Å². The third kappa shape index (κ3) is 19.6. The predicted octanol–water partition coefficient (Wildman–Crippen LogP) is 15.9. The van der Waals surface area contributed by atoms with Crippen LogP contribution in [-0.4, -0.2) is 45.7 Å². The summed E-state index contributed by atoms with van der Waals surface area (Å²) in [5.74, 6) is 2.94. The number of ether oxygens (including phenoxy) is 5. The number of benzene rings is 6. The van der Waals surface area contributed by atoms with Crippen LogP contribution in [0.15, 0.2) is 171 Å². The average molecular weight is 927 g/mol. The van der Waals surface area contributed by atoms with E-state index in [2.05, 4.69) is 31.5 Å². The van der Waals surface area contributed by atoms with E-state index in [9.17, 15) is 4.79 Å². The molecular formula is C57H62N6O6. The van der Waals surface area contributed by atoms with Crippen LogP contribution in [0.4, 0.5) is 28.4 Å². The summed E-state index contributed by atoms with van der Waals surface area (Å²) < 4.78 is 28.4. The molecule has 0 fully saturated rings. The molecule has 0 unspecified atom stereocenters. The van der Waals surface area contributed by atoms with Crippen molar-refractivity contribution in [3.05, 3.63) is 162 Å². The number of rotatable bonds is 30. The molecule has 0 amide bonds. The van der Waals surface area contributed by atoms with Crippen LogP contribution in [0.3, 0.4) is 0 Å². The van der Waals surface area contributed by atoms with Gasteiger partial charge in [0.1, 0.15) is 23.0 Å². The number of carbonyl (C=O) groups excluding carboxylic acids is 1. The largest absolute Gasteiger partial charge is 0.497 e. The Labute approximate surface area is 406 Å². The van der Waals surface area contributed by atoms with Crippen molar-refractivity contribution in [2.24, 2.45) is 25.4 Å². The summed E-state index contributed by atoms with van der Waals surface area (Å²) in [6.45, 7) is 2.42. The van der Waals surface area contributed by atoms with Crippen molar-refractivity contribution < 1.29 is 28.5 Å². The lowest BCUT2D eigenvalue weighted by atomic mass is 10.1. The molecule has 0 radical (unpaired) electrons. The summed E-state index contributed by atoms with van der Waals surface area (Å²) in [6.07, 6.45) is 16.1. The maximum absolute atomic E-state index is 12.6. The van der Waals surface area contributed by atoms with Crippen LogP contribution in [0.2, 0.25) is 0 Å². The lowest BCUT2D eigenvalue weighted by Crippen LogP contribution is -2.06. The standard InChI is InChI=1S/C57H62N6O6/c1-65-53-33-25-50(26-34-53)61-63-52-29-37-56(38-30-52)68-41-13-9-10-14-42-69-57(64)47-19-23-48(24-20-47)59-44-46-17-31-54(32-18-46)66-39-11-7-5-3-2-4-6-8-12-40-67-55-35-27-51(28-36-55)62-60-49-21-15-45(43-58)16-22-49/h15-38,44H,2-14,39-42H2,1H3. The topological polar surface area (TPSA) is 149 Å². The molecule has 12 heteroatoms. The van der Waals surface area contributed by atoms with Crippen molar-refractivity contribution >= 4 is 40.6 Å². The maximum Gasteiger partial charge on any atom is 0.338 e. The zero-order valence-electron chi connectivity index (χ0n) is 39.6. The van der Waals surface area contributed by atoms with Gasteiger partial charge in [-0.25, -0.2) is 4.79 Å². The molecule has 0 saturated heterocycles. The Morgan fingerprint density at radius 3 is 1.19 bits per heavy atom. The molecule has 0 bridgehead atoms. The van der Waals surface area contributed by atoms with E-state index in [-0.39, 0.29) is 5.97 Å². The first-order valence-electron chi connectivity index (χ1n) is 24.0. The quantitative estimate of drug-likeness (QED) is 0.0189. The molecule has 0 aliphatic carbocycles. The zero-order valence-corrected chi connectivity index (χ0v) is 39.6. The number of nitriles is 1. The first-order chi connectivity index (χ1) is 34.0. The molecule has 6 rings (SSSR count). The first kappa shape index (κ1) is 50.8. The lowest BCUT2D eigenvalue weighted by Gasteiger charge is -2.07. The molecule has 0 atom stereocenters. The van der Waals surface area contributed by atoms with Crippen molar-refractivity contribution in [1.82, 2.24) is 0 Å². The number of methoxy groups -OCH3 is 1. The van der Waals surface area contributed by atoms with Gasteiger partial charge in [0.25, 0.3) is 0 Å². The summed E-state index contributed by atoms with van der Waals surface area (Å²) in [4.78, 5) is 17.2. The molecule has 0 heterocycles. The Kier molecular flexibility index (Phi) is 22.0. The fraction of sp³-hybridized carbons (Fsp3) is 0.316. The van der Waals surface area contributed by atoms with Crippen molar-refractivity contribution in [3.8, 4) is 29.1 Å². The molecular weight excluding hydrogens is 865 g/mol. The highest BCUT2D eigenvalue weighted by Gasteiger charge is 2.07. The molecule has 6 aromatic rings. The van der Waals surface area contributed by atoms with Crippen LogP contribution >= 0.6 is 0 Å². The highest BCUT2D eigenvalue weighted by Crippen LogP contribution is 2.25. The molecule has 356 valence electrons. The van der Waals surface area contributed by atoms with Crippen LogP contribution in [0.25, 0.3) is 0 Å². The second-order valence-electron chi connectivity index (χ2n) is 16.4. The number of aliphatic imine (C=N–C) groups is 1. The van der Waals surface area contributed by atoms with E-state index < -0.39 is 0 Å². The molecule has 0 spiro atoms. The zero-order chi connectivity index (χ0) is 48.0. The minimum absolute atomic E-state index is 0.328. The number of hydrogen-bond acceptors (Lipinski definition) is 12. The average Bonchev–Trinajstić information content (AvgIpc) is 3.40. The smallest absolute Gasteiger partial charge is 0.338 e. The normalized spacial score (nSPS) is 11.2. The summed E-state index contributed by atoms with van der Waals surface area (Å²) in [5.41, 5.74) is 5.79. The van der Waals surface area contributed by atoms with E-state index in [1.54, 1.807) is 43.5 Å². The van der Waals surface area contributed by atoms with Crippen LogP contribution in [-0.2, 0) is 4.74 Å². The molecule has 0 aromatic heterocycles. The van der Waals surface area contributed by atoms with E-state index in [0.29, 0.717) is 43.2 Å². The van der Waals surface area contributed by atoms with E-state index in [0.717, 1.165) is 89.8 Å². The monoisotopic (exact) mass is 926 g/mol. The summed E-state index contributed by atoms with van der Waals surface area (Å²) >= 11 is 0. The molecule has 69 heavy (non-hydrogen) atoms. The number of nitrogens with zero attached hydrogens (tertiary/aromatic N) is 6. The minimum atomic E-state index is -0.328. The van der Waals surface area contributed by atoms with Gasteiger partial charge in [0.2, 0.25) is 0 Å². The van der Waals surface area contributed by atoms with Gasteiger partial charge in [-0.05, 0) is 190 Å². The maximum atomic E-state index is 12.6. The third-order valence-electron chi connectivity index (χ3n) is 11.0. The SMILES string of the molecule is COc1ccc(N=Nc2ccc(OCCCCCCOC(=O)c3ccc(N=Cc4ccc(OCCCCCCCCCCCOc5ccc(N=Nc6ccc(C#N)cc6)cc5)cc4)cc3)cc2)cc1. The van der Waals surface area contributed by atoms with Gasteiger partial charge in [-0.15, -0.1) is 0 Å². The van der Waals surface area contributed by atoms with Gasteiger partial charge in [0.05, 0.1) is 79.2 Å². The van der Waals surface area contributed by atoms with Crippen molar-refractivity contribution in [1.29, 1.82) is 5.26 Å². The number of azo groups is 2. The number of hydrogen-bond donors (Lipinski definition) is 0. The lowest BCUT2D eigenvalue weighted by molar-refractivity contribution is 0.0497. The van der Waals surface area contributed by atoms with Gasteiger partial charge in [0, 0.05) is 6.21 Å². The minimum Gasteiger partial charge on any atom is -0.497 e. The van der Waals surface area contributed by atoms with Gasteiger partial charge in [-0.1, -0.05) is 44.9 Å². The number of unbranched alkanes of at least 4 members (excludes halogenated alkanes) is 11. The fourth-order valence-corrected chi connectivity index (χ4v) is 7.00. The highest BCUT2D eigenvalue weighted by atomic mass is 16.5. The van der Waals surface area contributed by atoms with Crippen molar-refractivity contribution in [3.63, 3.8) is 0 Å². The summed E-state index contributed by atoms with van der Waals surface area (Å²) in [6, 6.07) is 46.8. The van der Waals surface area contributed by atoms with E-state index in [1.165, 1.54) is 44.9 Å². The van der Waals surface area contributed by atoms with Gasteiger partial charge >= 0.3 is 5.97 Å². The van der Waals surface area contributed by atoms with Gasteiger partial charge in [-0.3, -0.25) is 4.99 Å². The van der Waals surface area contributed by atoms with Crippen LogP contribution in [0.5, 0.6) is 23.0 Å². The molecule has 0 aliphatic heterocycles. The molecule has 6 aromatic carbocycles. The Hall–Kier alpha value is -7.65. The summed E-state index contributed by atoms with van der Waals surface area (Å²) in [5, 5.41) is 25.9. The predicted molar refractivity (Wildman–Crippen MR) is 272 cm³/mol. The summed E-state index contributed by atoms with van der Waals surface area (Å²) in [7, 11) is 1.63. The van der Waals surface area contributed by atoms with E-state index in [1.807, 2.05) is 115 Å². The second kappa shape index (κ2) is 29.9. The number of carbonyl (C=O) groups is 1. The van der Waals surface area contributed by atoms with E-state index in [4.69, 9.17) is 28.9 Å². The Morgan fingerprint density at radius 2 is 0.783 bits per heavy atom. The van der Waals surface area contributed by atoms with Gasteiger partial charge < -0.3 is 23.7 Å². The van der Waals surface area contributed by atoms with E-state index >= 15 is 0 Å². The highest BCUT2D eigenvalue weighted by molar-refractivity contribution is 5.90. The van der Waals surface area contributed by atoms with Crippen LogP contribution in [0, 0.1) is 11.3 Å². The van der Waals surface area contributed by atoms with Gasteiger partial charge in [0.15, 0.2) is 0 Å². The molecule has 0 aliphatic rings. The van der Waals surface area contributed by atoms with Crippen molar-refractivity contribution in [2.75, 3.05) is 33.5 Å². The molecule has 0 saturated carbocycles. The Morgan fingerprint density at radius 1 is 0.435 bits per heavy atom. The second-order valence-corrected chi connectivity index (χ2v) is 16.4. The number of esters is 1. The molecule has 0 N–H and O–H groups in total. The first-order valence-corrected chi connectivity index (χ1v) is 24.0. The molecule has 12 nitrogen and oxygen atoms in total. The van der Waals surface area contributed by atoms with Crippen molar-refractivity contribution in [2.45, 2.75) is 83.5 Å². The van der Waals surface area contributed by atoms with Crippen LogP contribution < -0.4 is 18.9 Å². The third-order valence-corrected chi connectivity index (χ3v) is 11.0. The van der Waals surface area contributed by atoms with Gasteiger partial charge in [-0.2, -0.15) is 25.7 Å². The Balaban J connectivity index is 0.720.